The highest BCUT2D eigenvalue weighted by Crippen LogP contribution is 2.27. The number of amides is 2. The van der Waals surface area contributed by atoms with Crippen molar-refractivity contribution in [2.45, 2.75) is 51.1 Å². The Bertz CT molecular complexity index is 380. The third kappa shape index (κ3) is 3.42. The standard InChI is InChI=1S/C13H22N2O3S/c1-2-19(18)8-7-14-11-9-12(16)15(13(11)17)10-5-3-4-6-10/h10-11,14H,2-9H2,1H3. The summed E-state index contributed by atoms with van der Waals surface area (Å²) in [4.78, 5) is 25.6. The monoisotopic (exact) mass is 286 g/mol. The van der Waals surface area contributed by atoms with Crippen LogP contribution >= 0.6 is 0 Å². The molecule has 0 aromatic rings. The summed E-state index contributed by atoms with van der Waals surface area (Å²) < 4.78 is 11.3. The normalized spacial score (nSPS) is 26.4. The third-order valence-corrected chi connectivity index (χ3v) is 5.22. The fraction of sp³-hybridized carbons (Fsp3) is 0.846. The summed E-state index contributed by atoms with van der Waals surface area (Å²) in [6.45, 7) is 2.41. The number of rotatable bonds is 6. The van der Waals surface area contributed by atoms with Crippen molar-refractivity contribution in [1.82, 2.24) is 10.2 Å². The molecule has 1 N–H and O–H groups in total. The summed E-state index contributed by atoms with van der Waals surface area (Å²) in [5.41, 5.74) is 0. The van der Waals surface area contributed by atoms with Gasteiger partial charge in [0.2, 0.25) is 11.8 Å². The van der Waals surface area contributed by atoms with Gasteiger partial charge in [-0.05, 0) is 12.8 Å². The van der Waals surface area contributed by atoms with Gasteiger partial charge in [-0.2, -0.15) is 0 Å². The maximum atomic E-state index is 12.2. The van der Waals surface area contributed by atoms with Gasteiger partial charge in [-0.1, -0.05) is 19.8 Å². The van der Waals surface area contributed by atoms with Crippen LogP contribution in [0.15, 0.2) is 0 Å². The second kappa shape index (κ2) is 6.61. The molecule has 2 aliphatic rings. The highest BCUT2D eigenvalue weighted by Gasteiger charge is 2.42. The van der Waals surface area contributed by atoms with Crippen LogP contribution in [0, 0.1) is 0 Å². The molecule has 2 rings (SSSR count). The van der Waals surface area contributed by atoms with Gasteiger partial charge in [-0.25, -0.2) is 0 Å². The molecule has 1 aliphatic heterocycles. The van der Waals surface area contributed by atoms with E-state index < -0.39 is 16.8 Å². The number of hydrogen-bond acceptors (Lipinski definition) is 4. The molecule has 0 aromatic heterocycles. The predicted octanol–water partition coefficient (Wildman–Crippen LogP) is 0.415. The minimum atomic E-state index is -0.830. The first-order chi connectivity index (χ1) is 9.13. The van der Waals surface area contributed by atoms with Crippen LogP contribution in [0.1, 0.15) is 39.0 Å². The van der Waals surface area contributed by atoms with E-state index in [-0.39, 0.29) is 24.3 Å². The molecule has 1 saturated heterocycles. The maximum Gasteiger partial charge on any atom is 0.247 e. The molecule has 0 spiro atoms. The Balaban J connectivity index is 1.85. The largest absolute Gasteiger partial charge is 0.305 e. The molecular formula is C13H22N2O3S. The highest BCUT2D eigenvalue weighted by atomic mass is 32.2. The SMILES string of the molecule is CCS(=O)CCNC1CC(=O)N(C2CCCC2)C1=O. The van der Waals surface area contributed by atoms with Gasteiger partial charge in [0, 0.05) is 34.9 Å². The van der Waals surface area contributed by atoms with Gasteiger partial charge in [0.25, 0.3) is 0 Å². The Morgan fingerprint density at radius 1 is 1.32 bits per heavy atom. The quantitative estimate of drug-likeness (QED) is 0.718. The molecule has 2 unspecified atom stereocenters. The minimum Gasteiger partial charge on any atom is -0.305 e. The van der Waals surface area contributed by atoms with Crippen molar-refractivity contribution in [3.63, 3.8) is 0 Å². The molecule has 6 heteroatoms. The van der Waals surface area contributed by atoms with Crippen LogP contribution < -0.4 is 5.32 Å². The van der Waals surface area contributed by atoms with Crippen molar-refractivity contribution in [1.29, 1.82) is 0 Å². The fourth-order valence-corrected chi connectivity index (χ4v) is 3.48. The van der Waals surface area contributed by atoms with Gasteiger partial charge in [0.1, 0.15) is 0 Å². The molecule has 108 valence electrons. The van der Waals surface area contributed by atoms with Gasteiger partial charge in [-0.3, -0.25) is 18.7 Å². The number of imide groups is 1. The van der Waals surface area contributed by atoms with E-state index in [9.17, 15) is 13.8 Å². The van der Waals surface area contributed by atoms with Crippen molar-refractivity contribution in [3.8, 4) is 0 Å². The highest BCUT2D eigenvalue weighted by molar-refractivity contribution is 7.84. The first-order valence-corrected chi connectivity index (χ1v) is 8.56. The summed E-state index contributed by atoms with van der Waals surface area (Å²) in [5, 5.41) is 3.08. The van der Waals surface area contributed by atoms with Crippen LogP contribution in [-0.4, -0.2) is 51.1 Å². The first kappa shape index (κ1) is 14.7. The number of likely N-dealkylation sites (tertiary alicyclic amines) is 1. The van der Waals surface area contributed by atoms with Crippen molar-refractivity contribution < 1.29 is 13.8 Å². The van der Waals surface area contributed by atoms with Gasteiger partial charge in [0.05, 0.1) is 12.5 Å². The molecule has 1 aliphatic carbocycles. The van der Waals surface area contributed by atoms with Crippen LogP contribution in [0.5, 0.6) is 0 Å². The van der Waals surface area contributed by atoms with E-state index in [0.29, 0.717) is 18.1 Å². The fourth-order valence-electron chi connectivity index (χ4n) is 2.85. The molecule has 0 aromatic carbocycles. The zero-order chi connectivity index (χ0) is 13.8. The summed E-state index contributed by atoms with van der Waals surface area (Å²) in [7, 11) is -0.830. The lowest BCUT2D eigenvalue weighted by Crippen LogP contribution is -2.43. The number of hydrogen-bond donors (Lipinski definition) is 1. The first-order valence-electron chi connectivity index (χ1n) is 7.07. The molecule has 5 nitrogen and oxygen atoms in total. The molecule has 2 amide bonds. The van der Waals surface area contributed by atoms with Crippen molar-refractivity contribution in [2.24, 2.45) is 0 Å². The van der Waals surface area contributed by atoms with Gasteiger partial charge in [0.15, 0.2) is 0 Å². The van der Waals surface area contributed by atoms with E-state index in [4.69, 9.17) is 0 Å². The molecule has 2 fully saturated rings. The van der Waals surface area contributed by atoms with E-state index in [1.165, 1.54) is 4.90 Å². The number of nitrogens with zero attached hydrogens (tertiary/aromatic N) is 1. The second-order valence-corrected chi connectivity index (χ2v) is 7.05. The summed E-state index contributed by atoms with van der Waals surface area (Å²) in [5.74, 6) is 1.04. The number of carbonyl (C=O) groups excluding carboxylic acids is 2. The van der Waals surface area contributed by atoms with Crippen LogP contribution in [0.3, 0.4) is 0 Å². The zero-order valence-corrected chi connectivity index (χ0v) is 12.2. The Kier molecular flexibility index (Phi) is 5.10. The Labute approximate surface area is 116 Å². The lowest BCUT2D eigenvalue weighted by molar-refractivity contribution is -0.141. The van der Waals surface area contributed by atoms with E-state index in [2.05, 4.69) is 5.32 Å². The third-order valence-electron chi connectivity index (χ3n) is 3.92. The van der Waals surface area contributed by atoms with E-state index >= 15 is 0 Å². The minimum absolute atomic E-state index is 0.0500. The smallest absolute Gasteiger partial charge is 0.247 e. The second-order valence-electron chi connectivity index (χ2n) is 5.18. The molecule has 0 radical (unpaired) electrons. The summed E-state index contributed by atoms with van der Waals surface area (Å²) in [6.07, 6.45) is 4.37. The molecular weight excluding hydrogens is 264 g/mol. The maximum absolute atomic E-state index is 12.2. The Hall–Kier alpha value is -0.750. The summed E-state index contributed by atoms with van der Waals surface area (Å²) in [6, 6.07) is -0.279. The summed E-state index contributed by atoms with van der Waals surface area (Å²) >= 11 is 0. The molecule has 19 heavy (non-hydrogen) atoms. The van der Waals surface area contributed by atoms with Crippen LogP contribution in [-0.2, 0) is 20.4 Å². The average Bonchev–Trinajstić information content (AvgIpc) is 2.98. The van der Waals surface area contributed by atoms with Gasteiger partial charge < -0.3 is 5.32 Å². The Morgan fingerprint density at radius 2 is 2.00 bits per heavy atom. The lowest BCUT2D eigenvalue weighted by Gasteiger charge is -2.22. The topological polar surface area (TPSA) is 66.5 Å². The number of nitrogens with one attached hydrogen (secondary N) is 1. The van der Waals surface area contributed by atoms with Crippen molar-refractivity contribution in [2.75, 3.05) is 18.1 Å². The van der Waals surface area contributed by atoms with Crippen molar-refractivity contribution in [3.05, 3.63) is 0 Å². The van der Waals surface area contributed by atoms with Crippen LogP contribution in [0.2, 0.25) is 0 Å². The van der Waals surface area contributed by atoms with E-state index in [1.54, 1.807) is 0 Å². The molecule has 1 saturated carbocycles. The average molecular weight is 286 g/mol. The van der Waals surface area contributed by atoms with Gasteiger partial charge >= 0.3 is 0 Å². The van der Waals surface area contributed by atoms with Crippen molar-refractivity contribution >= 4 is 22.6 Å². The zero-order valence-electron chi connectivity index (χ0n) is 11.4. The molecule has 0 bridgehead atoms. The Morgan fingerprint density at radius 3 is 2.63 bits per heavy atom. The molecule has 2 atom stereocenters. The van der Waals surface area contributed by atoms with E-state index in [1.807, 2.05) is 6.92 Å². The van der Waals surface area contributed by atoms with Crippen LogP contribution in [0.25, 0.3) is 0 Å². The van der Waals surface area contributed by atoms with E-state index in [0.717, 1.165) is 25.7 Å². The number of carbonyl (C=O) groups is 2. The predicted molar refractivity (Wildman–Crippen MR) is 74.1 cm³/mol. The van der Waals surface area contributed by atoms with Crippen LogP contribution in [0.4, 0.5) is 0 Å². The lowest BCUT2D eigenvalue weighted by atomic mass is 10.2. The van der Waals surface area contributed by atoms with Gasteiger partial charge in [-0.15, -0.1) is 0 Å². The molecule has 1 heterocycles.